The van der Waals surface area contributed by atoms with Gasteiger partial charge in [-0.05, 0) is 62.7 Å². The molecule has 0 aromatic heterocycles. The summed E-state index contributed by atoms with van der Waals surface area (Å²) in [6, 6.07) is 0. The van der Waals surface area contributed by atoms with Crippen LogP contribution in [0.1, 0.15) is 60.3 Å². The van der Waals surface area contributed by atoms with Crippen LogP contribution in [-0.2, 0) is 23.8 Å². The third-order valence-electron chi connectivity index (χ3n) is 10.4. The lowest BCUT2D eigenvalue weighted by Crippen LogP contribution is -2.93. The Morgan fingerprint density at radius 2 is 1.94 bits per heavy atom. The molecule has 0 radical (unpaired) electrons. The summed E-state index contributed by atoms with van der Waals surface area (Å²) in [6.07, 6.45) is 1.55. The molecular weight excluding hydrogens is 424 g/mol. The minimum atomic E-state index is -1.63. The summed E-state index contributed by atoms with van der Waals surface area (Å²) in [6.45, 7) is 13.2. The summed E-state index contributed by atoms with van der Waals surface area (Å²) in [5, 5.41) is 23.0. The number of fused-ring (bicyclic) bond motifs is 1. The number of Topliss-reactive ketones (excluding diaryl/α,β-unsaturated/α-hetero) is 1. The van der Waals surface area contributed by atoms with E-state index in [1.54, 1.807) is 0 Å². The van der Waals surface area contributed by atoms with E-state index in [2.05, 4.69) is 20.4 Å². The van der Waals surface area contributed by atoms with Crippen LogP contribution in [0, 0.1) is 45.8 Å². The first-order chi connectivity index (χ1) is 15.3. The Balaban J connectivity index is 1.60. The molecule has 2 aliphatic heterocycles. The topological polar surface area (TPSA) is 102 Å². The van der Waals surface area contributed by atoms with Crippen LogP contribution < -0.4 is 0 Å². The molecule has 0 amide bonds. The molecule has 33 heavy (non-hydrogen) atoms. The molecule has 0 aromatic carbocycles. The quantitative estimate of drug-likeness (QED) is 0.379. The fourth-order valence-corrected chi connectivity index (χ4v) is 9.84. The van der Waals surface area contributed by atoms with Crippen molar-refractivity contribution in [3.05, 3.63) is 12.2 Å². The van der Waals surface area contributed by atoms with Gasteiger partial charge in [0, 0.05) is 24.2 Å². The van der Waals surface area contributed by atoms with E-state index in [0.717, 1.165) is 24.8 Å². The van der Waals surface area contributed by atoms with Crippen LogP contribution in [0.4, 0.5) is 0 Å². The number of carbonyl (C=O) groups excluding carboxylic acids is 2. The summed E-state index contributed by atoms with van der Waals surface area (Å²) < 4.78 is 18.8. The van der Waals surface area contributed by atoms with Crippen molar-refractivity contribution in [3.8, 4) is 0 Å². The van der Waals surface area contributed by atoms with Crippen LogP contribution in [0.5, 0.6) is 0 Å². The first-order valence-electron chi connectivity index (χ1n) is 12.4. The Kier molecular flexibility index (Phi) is 4.10. The Morgan fingerprint density at radius 1 is 1.24 bits per heavy atom. The Hall–Kier alpha value is -1.28. The molecule has 7 heteroatoms. The molecule has 7 rings (SSSR count). The molecule has 7 fully saturated rings. The number of ketones is 1. The van der Waals surface area contributed by atoms with E-state index >= 15 is 0 Å². The lowest BCUT2D eigenvalue weighted by Gasteiger charge is -2.83. The Morgan fingerprint density at radius 3 is 2.58 bits per heavy atom. The molecule has 7 aliphatic rings. The first-order valence-corrected chi connectivity index (χ1v) is 12.4. The Bertz CT molecular complexity index is 964. The minimum Gasteiger partial charge on any atom is -0.462 e. The highest BCUT2D eigenvalue weighted by Crippen LogP contribution is 2.84. The first kappa shape index (κ1) is 22.2. The SMILES string of the molecule is C=C1[C@H]2C(=O)[C@]34[C@H]2[C@H]1CC[C@H]3[C@@]12CO[C@]4(OC(C)(C)O)[C@@H](O)[C@@H]1C(C)(C)CC[C@@H]2OC(C)=O. The number of esters is 1. The number of hydrogen-bond donors (Lipinski definition) is 2. The van der Waals surface area contributed by atoms with Gasteiger partial charge in [-0.2, -0.15) is 0 Å². The fourth-order valence-electron chi connectivity index (χ4n) is 9.84. The van der Waals surface area contributed by atoms with Crippen LogP contribution in [0.3, 0.4) is 0 Å². The van der Waals surface area contributed by atoms with E-state index in [0.29, 0.717) is 6.42 Å². The third kappa shape index (κ3) is 2.18. The van der Waals surface area contributed by atoms with E-state index < -0.39 is 34.6 Å². The molecule has 2 N–H and O–H groups in total. The van der Waals surface area contributed by atoms with Crippen molar-refractivity contribution in [2.24, 2.45) is 45.8 Å². The van der Waals surface area contributed by atoms with Crippen LogP contribution in [0.2, 0.25) is 0 Å². The number of aliphatic hydroxyl groups excluding tert-OH is 1. The third-order valence-corrected chi connectivity index (χ3v) is 10.4. The number of hydrogen-bond acceptors (Lipinski definition) is 7. The van der Waals surface area contributed by atoms with E-state index in [4.69, 9.17) is 14.2 Å². The average Bonchev–Trinajstić information content (AvgIpc) is 2.68. The normalized spacial score (nSPS) is 53.2. The fraction of sp³-hybridized carbons (Fsp3) is 0.846. The number of carbonyl (C=O) groups is 2. The van der Waals surface area contributed by atoms with Gasteiger partial charge in [0.1, 0.15) is 12.2 Å². The summed E-state index contributed by atoms with van der Waals surface area (Å²) in [5.74, 6) is -4.08. The maximum Gasteiger partial charge on any atom is 0.302 e. The van der Waals surface area contributed by atoms with Gasteiger partial charge in [0.2, 0.25) is 5.79 Å². The number of aliphatic hydroxyl groups is 2. The molecule has 2 saturated heterocycles. The minimum absolute atomic E-state index is 0.0178. The van der Waals surface area contributed by atoms with E-state index in [-0.39, 0.29) is 53.4 Å². The molecule has 2 heterocycles. The summed E-state index contributed by atoms with van der Waals surface area (Å²) in [4.78, 5) is 26.2. The van der Waals surface area contributed by atoms with Crippen molar-refractivity contribution in [1.82, 2.24) is 0 Å². The van der Waals surface area contributed by atoms with Crippen molar-refractivity contribution in [2.45, 2.75) is 84.1 Å². The lowest BCUT2D eigenvalue weighted by atomic mass is 9.23. The van der Waals surface area contributed by atoms with Gasteiger partial charge in [-0.1, -0.05) is 26.0 Å². The van der Waals surface area contributed by atoms with Crippen molar-refractivity contribution >= 4 is 11.8 Å². The molecule has 5 saturated carbocycles. The zero-order chi connectivity index (χ0) is 23.9. The van der Waals surface area contributed by atoms with Gasteiger partial charge in [0.15, 0.2) is 11.6 Å². The largest absolute Gasteiger partial charge is 0.462 e. The van der Waals surface area contributed by atoms with Crippen molar-refractivity contribution in [1.29, 1.82) is 0 Å². The maximum atomic E-state index is 14.1. The molecule has 5 aliphatic carbocycles. The van der Waals surface area contributed by atoms with Crippen LogP contribution in [-0.4, -0.2) is 52.4 Å². The van der Waals surface area contributed by atoms with Gasteiger partial charge < -0.3 is 24.4 Å². The van der Waals surface area contributed by atoms with Gasteiger partial charge in [0.05, 0.1) is 12.0 Å². The van der Waals surface area contributed by atoms with Gasteiger partial charge in [-0.15, -0.1) is 0 Å². The zero-order valence-corrected chi connectivity index (χ0v) is 20.2. The van der Waals surface area contributed by atoms with Gasteiger partial charge in [0.25, 0.3) is 0 Å². The van der Waals surface area contributed by atoms with Crippen molar-refractivity contribution in [2.75, 3.05) is 6.61 Å². The number of allylic oxidation sites excluding steroid dienone is 1. The number of rotatable bonds is 3. The molecule has 0 aromatic rings. The average molecular weight is 461 g/mol. The molecule has 182 valence electrons. The maximum absolute atomic E-state index is 14.1. The second-order valence-electron chi connectivity index (χ2n) is 12.7. The molecule has 7 nitrogen and oxygen atoms in total. The van der Waals surface area contributed by atoms with Crippen molar-refractivity contribution in [3.63, 3.8) is 0 Å². The highest BCUT2D eigenvalue weighted by atomic mass is 16.8. The highest BCUT2D eigenvalue weighted by Gasteiger charge is 2.92. The zero-order valence-electron chi connectivity index (χ0n) is 20.2. The monoisotopic (exact) mass is 460 g/mol. The molecule has 2 spiro atoms. The van der Waals surface area contributed by atoms with Crippen molar-refractivity contribution < 1.29 is 34.0 Å². The number of ether oxygens (including phenoxy) is 3. The summed E-state index contributed by atoms with van der Waals surface area (Å²) in [5.41, 5.74) is -1.05. The molecular formula is C26H36O7. The summed E-state index contributed by atoms with van der Waals surface area (Å²) in [7, 11) is 0. The van der Waals surface area contributed by atoms with Gasteiger partial charge >= 0.3 is 5.97 Å². The van der Waals surface area contributed by atoms with E-state index in [1.807, 2.05) is 0 Å². The van der Waals surface area contributed by atoms with Crippen LogP contribution in [0.15, 0.2) is 12.2 Å². The Labute approximate surface area is 194 Å². The second kappa shape index (κ2) is 6.10. The van der Waals surface area contributed by atoms with Crippen LogP contribution in [0.25, 0.3) is 0 Å². The predicted molar refractivity (Wildman–Crippen MR) is 116 cm³/mol. The lowest BCUT2D eigenvalue weighted by molar-refractivity contribution is -0.508. The smallest absolute Gasteiger partial charge is 0.302 e. The van der Waals surface area contributed by atoms with Gasteiger partial charge in [-0.3, -0.25) is 9.59 Å². The van der Waals surface area contributed by atoms with E-state index in [1.165, 1.54) is 20.8 Å². The van der Waals surface area contributed by atoms with E-state index in [9.17, 15) is 19.8 Å². The molecule has 0 unspecified atom stereocenters. The molecule has 2 bridgehead atoms. The summed E-state index contributed by atoms with van der Waals surface area (Å²) >= 11 is 0. The molecule has 10 atom stereocenters. The highest BCUT2D eigenvalue weighted by molar-refractivity contribution is 6.01. The van der Waals surface area contributed by atoms with Crippen LogP contribution >= 0.6 is 0 Å². The standard InChI is InChI=1S/C26H36O7/c1-12-14-7-8-15-24-11-31-26(33-23(5,6)30,25(15)18(14)17(12)20(25)28)21(29)19(24)22(3,4)10-9-16(24)32-13(2)27/h14-19,21,29-30H,1,7-11H2,2-6H3/t14-,15-,16-,17+,18-,19+,21-,24+,25+,26-/m0/s1. The van der Waals surface area contributed by atoms with Gasteiger partial charge in [-0.25, -0.2) is 0 Å². The predicted octanol–water partition coefficient (Wildman–Crippen LogP) is 2.58. The second-order valence-corrected chi connectivity index (χ2v) is 12.7.